The molecule has 2 aromatic rings. The number of carbonyl (C=O) groups excluding carboxylic acids is 1. The molecule has 24 heavy (non-hydrogen) atoms. The van der Waals surface area contributed by atoms with Gasteiger partial charge in [-0.2, -0.15) is 0 Å². The van der Waals surface area contributed by atoms with Gasteiger partial charge in [-0.05, 0) is 55.9 Å². The number of carbonyl (C=O) groups is 1. The third kappa shape index (κ3) is 5.91. The van der Waals surface area contributed by atoms with Crippen LogP contribution in [0.25, 0.3) is 0 Å². The number of nitrogens with one attached hydrogen (secondary N) is 1. The first kappa shape index (κ1) is 18.4. The van der Waals surface area contributed by atoms with E-state index in [4.69, 9.17) is 0 Å². The molecule has 0 heterocycles. The molecule has 0 saturated carbocycles. The van der Waals surface area contributed by atoms with E-state index in [2.05, 4.69) is 24.3 Å². The van der Waals surface area contributed by atoms with Gasteiger partial charge in [0.05, 0.1) is 0 Å². The van der Waals surface area contributed by atoms with Crippen LogP contribution in [0.5, 0.6) is 0 Å². The third-order valence-corrected chi connectivity index (χ3v) is 4.36. The highest BCUT2D eigenvalue weighted by Gasteiger charge is 2.07. The standard InChI is InChI=1S/C19H24N2O2S/c1-21(2)12-11-15-7-9-18(10-8-15)20-19(22)17-6-4-5-16(13-17)14-24(3)23/h4-10,13H,11-12,14H2,1-3H3,(H,20,22). The summed E-state index contributed by atoms with van der Waals surface area (Å²) in [6, 6.07) is 15.2. The molecule has 1 atom stereocenters. The molecule has 5 heteroatoms. The Labute approximate surface area is 146 Å². The number of hydrogen-bond donors (Lipinski definition) is 1. The molecule has 128 valence electrons. The third-order valence-electron chi connectivity index (χ3n) is 3.62. The van der Waals surface area contributed by atoms with Gasteiger partial charge in [-0.3, -0.25) is 9.00 Å². The minimum atomic E-state index is -0.919. The summed E-state index contributed by atoms with van der Waals surface area (Å²) >= 11 is 0. The fourth-order valence-electron chi connectivity index (χ4n) is 2.35. The van der Waals surface area contributed by atoms with E-state index in [0.29, 0.717) is 11.3 Å². The zero-order valence-electron chi connectivity index (χ0n) is 14.4. The SMILES string of the molecule is CN(C)CCc1ccc(NC(=O)c2cccc(CS(C)=O)c2)cc1. The van der Waals surface area contributed by atoms with Crippen LogP contribution in [0.4, 0.5) is 5.69 Å². The van der Waals surface area contributed by atoms with E-state index in [0.717, 1.165) is 24.2 Å². The number of benzene rings is 2. The summed E-state index contributed by atoms with van der Waals surface area (Å²) in [5.41, 5.74) is 3.50. The quantitative estimate of drug-likeness (QED) is 0.840. The molecule has 0 aliphatic rings. The van der Waals surface area contributed by atoms with E-state index >= 15 is 0 Å². The molecule has 0 spiro atoms. The van der Waals surface area contributed by atoms with Gasteiger partial charge < -0.3 is 10.2 Å². The van der Waals surface area contributed by atoms with Crippen molar-refractivity contribution in [1.29, 1.82) is 0 Å². The molecule has 2 aromatic carbocycles. The summed E-state index contributed by atoms with van der Waals surface area (Å²) in [6.45, 7) is 0.997. The van der Waals surface area contributed by atoms with Crippen molar-refractivity contribution in [3.8, 4) is 0 Å². The Morgan fingerprint density at radius 3 is 2.42 bits per heavy atom. The van der Waals surface area contributed by atoms with Crippen LogP contribution in [0.2, 0.25) is 0 Å². The highest BCUT2D eigenvalue weighted by atomic mass is 32.2. The molecule has 0 bridgehead atoms. The van der Waals surface area contributed by atoms with Crippen LogP contribution in [-0.4, -0.2) is 41.9 Å². The Bertz CT molecular complexity index is 712. The number of likely N-dealkylation sites (N-methyl/N-ethyl adjacent to an activating group) is 1. The summed E-state index contributed by atoms with van der Waals surface area (Å²) in [5.74, 6) is 0.307. The van der Waals surface area contributed by atoms with Gasteiger partial charge in [0.15, 0.2) is 0 Å². The van der Waals surface area contributed by atoms with Crippen LogP contribution in [0.15, 0.2) is 48.5 Å². The molecule has 0 aliphatic heterocycles. The first-order valence-electron chi connectivity index (χ1n) is 7.88. The van der Waals surface area contributed by atoms with Gasteiger partial charge in [-0.1, -0.05) is 24.3 Å². The molecule has 0 saturated heterocycles. The van der Waals surface area contributed by atoms with E-state index in [1.807, 2.05) is 36.4 Å². The second-order valence-electron chi connectivity index (χ2n) is 6.12. The molecule has 0 fully saturated rings. The second kappa shape index (κ2) is 8.76. The smallest absolute Gasteiger partial charge is 0.255 e. The molecule has 4 nitrogen and oxygen atoms in total. The summed E-state index contributed by atoms with van der Waals surface area (Å²) in [7, 11) is 3.19. The fraction of sp³-hybridized carbons (Fsp3) is 0.316. The van der Waals surface area contributed by atoms with Crippen LogP contribution in [0, 0.1) is 0 Å². The molecular formula is C19H24N2O2S. The Hall–Kier alpha value is -1.98. The average Bonchev–Trinajstić information content (AvgIpc) is 2.53. The molecular weight excluding hydrogens is 320 g/mol. The monoisotopic (exact) mass is 344 g/mol. The lowest BCUT2D eigenvalue weighted by molar-refractivity contribution is 0.102. The van der Waals surface area contributed by atoms with Gasteiger partial charge in [-0.25, -0.2) is 0 Å². The largest absolute Gasteiger partial charge is 0.322 e. The van der Waals surface area contributed by atoms with Crippen LogP contribution < -0.4 is 5.32 Å². The van der Waals surface area contributed by atoms with Crippen LogP contribution in [-0.2, 0) is 23.0 Å². The van der Waals surface area contributed by atoms with Gasteiger partial charge in [0, 0.05) is 40.6 Å². The zero-order valence-corrected chi connectivity index (χ0v) is 15.2. The van der Waals surface area contributed by atoms with Crippen molar-refractivity contribution < 1.29 is 9.00 Å². The molecule has 0 radical (unpaired) electrons. The number of rotatable bonds is 7. The van der Waals surface area contributed by atoms with Crippen LogP contribution in [0.3, 0.4) is 0 Å². The summed E-state index contributed by atoms with van der Waals surface area (Å²) < 4.78 is 11.3. The zero-order chi connectivity index (χ0) is 17.5. The van der Waals surface area contributed by atoms with Crippen molar-refractivity contribution in [3.63, 3.8) is 0 Å². The lowest BCUT2D eigenvalue weighted by Crippen LogP contribution is -2.15. The van der Waals surface area contributed by atoms with Gasteiger partial charge in [0.2, 0.25) is 0 Å². The normalized spacial score (nSPS) is 12.2. The number of hydrogen-bond acceptors (Lipinski definition) is 3. The van der Waals surface area contributed by atoms with Crippen LogP contribution in [0.1, 0.15) is 21.5 Å². The van der Waals surface area contributed by atoms with Crippen molar-refractivity contribution in [1.82, 2.24) is 4.90 Å². The van der Waals surface area contributed by atoms with Crippen molar-refractivity contribution in [2.75, 3.05) is 32.2 Å². The summed E-state index contributed by atoms with van der Waals surface area (Å²) in [6.07, 6.45) is 2.64. The Kier molecular flexibility index (Phi) is 6.70. The van der Waals surface area contributed by atoms with E-state index in [1.165, 1.54) is 5.56 Å². The highest BCUT2D eigenvalue weighted by molar-refractivity contribution is 7.83. The lowest BCUT2D eigenvalue weighted by atomic mass is 10.1. The van der Waals surface area contributed by atoms with Crippen molar-refractivity contribution >= 4 is 22.4 Å². The topological polar surface area (TPSA) is 49.4 Å². The van der Waals surface area contributed by atoms with Crippen LogP contribution >= 0.6 is 0 Å². The first-order chi connectivity index (χ1) is 11.4. The Morgan fingerprint density at radius 1 is 1.08 bits per heavy atom. The minimum absolute atomic E-state index is 0.153. The number of amides is 1. The maximum absolute atomic E-state index is 12.4. The lowest BCUT2D eigenvalue weighted by Gasteiger charge is -2.10. The molecule has 1 amide bonds. The van der Waals surface area contributed by atoms with E-state index in [1.54, 1.807) is 18.4 Å². The van der Waals surface area contributed by atoms with Crippen molar-refractivity contribution in [3.05, 3.63) is 65.2 Å². The van der Waals surface area contributed by atoms with Gasteiger partial charge in [-0.15, -0.1) is 0 Å². The average molecular weight is 344 g/mol. The maximum atomic E-state index is 12.4. The first-order valence-corrected chi connectivity index (χ1v) is 9.61. The van der Waals surface area contributed by atoms with Gasteiger partial charge in [0.25, 0.3) is 5.91 Å². The highest BCUT2D eigenvalue weighted by Crippen LogP contribution is 2.13. The predicted octanol–water partition coefficient (Wildman–Crippen LogP) is 2.92. The number of nitrogens with zero attached hydrogens (tertiary/aromatic N) is 1. The summed E-state index contributed by atoms with van der Waals surface area (Å²) in [5, 5.41) is 2.91. The second-order valence-corrected chi connectivity index (χ2v) is 7.56. The van der Waals surface area contributed by atoms with Crippen molar-refractivity contribution in [2.24, 2.45) is 0 Å². The Morgan fingerprint density at radius 2 is 1.79 bits per heavy atom. The molecule has 1 unspecified atom stereocenters. The molecule has 0 aliphatic carbocycles. The summed E-state index contributed by atoms with van der Waals surface area (Å²) in [4.78, 5) is 14.5. The predicted molar refractivity (Wildman–Crippen MR) is 101 cm³/mol. The molecule has 2 rings (SSSR count). The van der Waals surface area contributed by atoms with E-state index in [9.17, 15) is 9.00 Å². The minimum Gasteiger partial charge on any atom is -0.322 e. The number of anilines is 1. The maximum Gasteiger partial charge on any atom is 0.255 e. The van der Waals surface area contributed by atoms with E-state index < -0.39 is 10.8 Å². The molecule has 0 aromatic heterocycles. The van der Waals surface area contributed by atoms with E-state index in [-0.39, 0.29) is 5.91 Å². The van der Waals surface area contributed by atoms with Crippen molar-refractivity contribution in [2.45, 2.75) is 12.2 Å². The fourth-order valence-corrected chi connectivity index (χ4v) is 3.00. The van der Waals surface area contributed by atoms with Gasteiger partial charge in [0.1, 0.15) is 0 Å². The van der Waals surface area contributed by atoms with Gasteiger partial charge >= 0.3 is 0 Å². The Balaban J connectivity index is 2.00. The molecule has 1 N–H and O–H groups in total.